The van der Waals surface area contributed by atoms with Crippen LogP contribution in [0.5, 0.6) is 0 Å². The Morgan fingerprint density at radius 1 is 1.11 bits per heavy atom. The number of benzene rings is 1. The van der Waals surface area contributed by atoms with E-state index in [-0.39, 0.29) is 23.7 Å². The molecule has 2 saturated heterocycles. The topological polar surface area (TPSA) is 55.9 Å². The summed E-state index contributed by atoms with van der Waals surface area (Å²) in [6, 6.07) is 6.62. The highest BCUT2D eigenvalue weighted by Gasteiger charge is 2.31. The highest BCUT2D eigenvalue weighted by atomic mass is 19.1. The van der Waals surface area contributed by atoms with Gasteiger partial charge in [0, 0.05) is 52.2 Å². The first-order chi connectivity index (χ1) is 13.6. The predicted molar refractivity (Wildman–Crippen MR) is 108 cm³/mol. The van der Waals surface area contributed by atoms with Gasteiger partial charge in [-0.2, -0.15) is 0 Å². The average molecular weight is 391 g/mol. The van der Waals surface area contributed by atoms with E-state index in [1.54, 1.807) is 17.0 Å². The van der Waals surface area contributed by atoms with Gasteiger partial charge >= 0.3 is 6.03 Å². The number of para-hydroxylation sites is 1. The number of anilines is 1. The van der Waals surface area contributed by atoms with Crippen LogP contribution in [0.15, 0.2) is 24.3 Å². The molecule has 2 aliphatic heterocycles. The molecule has 3 amide bonds. The van der Waals surface area contributed by atoms with Crippen LogP contribution in [-0.4, -0.2) is 68.1 Å². The maximum atomic E-state index is 13.8. The number of rotatable bonds is 6. The molecule has 0 aromatic heterocycles. The van der Waals surface area contributed by atoms with E-state index in [1.807, 2.05) is 22.9 Å². The summed E-state index contributed by atoms with van der Waals surface area (Å²) in [6.07, 6.45) is 4.45. The fourth-order valence-electron chi connectivity index (χ4n) is 4.03. The van der Waals surface area contributed by atoms with Gasteiger partial charge in [-0.1, -0.05) is 12.1 Å². The van der Waals surface area contributed by atoms with Crippen molar-refractivity contribution in [1.82, 2.24) is 15.1 Å². The first kappa shape index (κ1) is 20.4. The molecule has 28 heavy (non-hydrogen) atoms. The second-order valence-corrected chi connectivity index (χ2v) is 7.75. The number of urea groups is 1. The van der Waals surface area contributed by atoms with Crippen LogP contribution in [0, 0.1) is 11.7 Å². The second-order valence-electron chi connectivity index (χ2n) is 7.75. The maximum absolute atomic E-state index is 13.8. The van der Waals surface area contributed by atoms with Crippen LogP contribution in [0.4, 0.5) is 14.9 Å². The quantitative estimate of drug-likeness (QED) is 0.760. The third-order valence-corrected chi connectivity index (χ3v) is 5.76. The van der Waals surface area contributed by atoms with Crippen molar-refractivity contribution in [1.29, 1.82) is 0 Å². The van der Waals surface area contributed by atoms with Gasteiger partial charge < -0.3 is 20.0 Å². The number of hydrogen-bond acceptors (Lipinski definition) is 3. The zero-order chi connectivity index (χ0) is 19.9. The van der Waals surface area contributed by atoms with Gasteiger partial charge in [-0.25, -0.2) is 9.18 Å². The lowest BCUT2D eigenvalue weighted by atomic mass is 9.95. The molecule has 0 spiro atoms. The Balaban J connectivity index is 1.33. The summed E-state index contributed by atoms with van der Waals surface area (Å²) in [5.74, 6) is 0.102. The van der Waals surface area contributed by atoms with Crippen molar-refractivity contribution in [3.05, 3.63) is 30.1 Å². The number of halogens is 1. The summed E-state index contributed by atoms with van der Waals surface area (Å²) in [6.45, 7) is 4.25. The summed E-state index contributed by atoms with van der Waals surface area (Å²) < 4.78 is 13.8. The molecule has 0 radical (unpaired) electrons. The normalized spacial score (nSPS) is 17.6. The fraction of sp³-hybridized carbons (Fsp3) is 0.619. The number of carbonyl (C=O) groups excluding carboxylic acids is 2. The van der Waals surface area contributed by atoms with Crippen LogP contribution in [0.2, 0.25) is 0 Å². The van der Waals surface area contributed by atoms with Crippen LogP contribution in [0.1, 0.15) is 32.1 Å². The van der Waals surface area contributed by atoms with E-state index in [9.17, 15) is 14.0 Å². The minimum atomic E-state index is -0.236. The summed E-state index contributed by atoms with van der Waals surface area (Å²) in [7, 11) is 1.85. The number of nitrogens with zero attached hydrogens (tertiary/aromatic N) is 3. The molecule has 0 bridgehead atoms. The predicted octanol–water partition coefficient (Wildman–Crippen LogP) is 2.70. The van der Waals surface area contributed by atoms with E-state index >= 15 is 0 Å². The van der Waals surface area contributed by atoms with E-state index in [4.69, 9.17) is 0 Å². The number of piperidine rings is 1. The lowest BCUT2D eigenvalue weighted by molar-refractivity contribution is -0.135. The SMILES string of the molecule is CN(CCCNC(=O)N1CCC(C(=O)N2CCCC2)CC1)c1ccccc1F. The Morgan fingerprint density at radius 2 is 1.79 bits per heavy atom. The van der Waals surface area contributed by atoms with Gasteiger partial charge in [-0.15, -0.1) is 0 Å². The first-order valence-electron chi connectivity index (χ1n) is 10.3. The van der Waals surface area contributed by atoms with Crippen molar-refractivity contribution >= 4 is 17.6 Å². The molecule has 1 aromatic carbocycles. The highest BCUT2D eigenvalue weighted by Crippen LogP contribution is 2.22. The molecule has 3 rings (SSSR count). The van der Waals surface area contributed by atoms with Gasteiger partial charge in [0.25, 0.3) is 0 Å². The number of nitrogens with one attached hydrogen (secondary N) is 1. The minimum absolute atomic E-state index is 0.0663. The average Bonchev–Trinajstić information content (AvgIpc) is 3.25. The summed E-state index contributed by atoms with van der Waals surface area (Å²) in [5, 5.41) is 2.94. The van der Waals surface area contributed by atoms with Gasteiger partial charge in [0.1, 0.15) is 5.82 Å². The number of amides is 3. The molecular formula is C21H31FN4O2. The van der Waals surface area contributed by atoms with Gasteiger partial charge in [0.2, 0.25) is 5.91 Å². The Morgan fingerprint density at radius 3 is 2.46 bits per heavy atom. The van der Waals surface area contributed by atoms with Crippen molar-refractivity contribution in [2.45, 2.75) is 32.1 Å². The lowest BCUT2D eigenvalue weighted by Crippen LogP contribution is -2.47. The van der Waals surface area contributed by atoms with Crippen molar-refractivity contribution < 1.29 is 14.0 Å². The van der Waals surface area contributed by atoms with Crippen molar-refractivity contribution in [3.63, 3.8) is 0 Å². The van der Waals surface area contributed by atoms with Crippen molar-refractivity contribution in [2.75, 3.05) is 51.2 Å². The Labute approximate surface area is 166 Å². The molecule has 0 saturated carbocycles. The molecular weight excluding hydrogens is 359 g/mol. The monoisotopic (exact) mass is 390 g/mol. The molecule has 1 N–H and O–H groups in total. The van der Waals surface area contributed by atoms with Crippen LogP contribution in [0.25, 0.3) is 0 Å². The summed E-state index contributed by atoms with van der Waals surface area (Å²) in [4.78, 5) is 30.5. The van der Waals surface area contributed by atoms with Gasteiger partial charge in [-0.3, -0.25) is 4.79 Å². The van der Waals surface area contributed by atoms with E-state index in [0.717, 1.165) is 45.2 Å². The number of hydrogen-bond donors (Lipinski definition) is 1. The molecule has 0 aliphatic carbocycles. The third kappa shape index (κ3) is 5.14. The van der Waals surface area contributed by atoms with Gasteiger partial charge in [0.15, 0.2) is 0 Å². The Hall–Kier alpha value is -2.31. The standard InChI is InChI=1S/C21H31FN4O2/c1-24(19-8-3-2-7-18(19)22)12-6-11-23-21(28)26-15-9-17(10-16-26)20(27)25-13-4-5-14-25/h2-3,7-8,17H,4-6,9-16H2,1H3,(H,23,28). The first-order valence-corrected chi connectivity index (χ1v) is 10.3. The lowest BCUT2D eigenvalue weighted by Gasteiger charge is -2.33. The molecule has 0 atom stereocenters. The summed E-state index contributed by atoms with van der Waals surface area (Å²) >= 11 is 0. The summed E-state index contributed by atoms with van der Waals surface area (Å²) in [5.41, 5.74) is 0.568. The molecule has 2 heterocycles. The van der Waals surface area contributed by atoms with Crippen LogP contribution in [-0.2, 0) is 4.79 Å². The van der Waals surface area contributed by atoms with Crippen LogP contribution in [0.3, 0.4) is 0 Å². The van der Waals surface area contributed by atoms with Gasteiger partial charge in [-0.05, 0) is 44.2 Å². The molecule has 2 fully saturated rings. The van der Waals surface area contributed by atoms with Crippen molar-refractivity contribution in [3.8, 4) is 0 Å². The Bertz CT molecular complexity index is 670. The highest BCUT2D eigenvalue weighted by molar-refractivity contribution is 5.80. The molecule has 0 unspecified atom stereocenters. The number of likely N-dealkylation sites (tertiary alicyclic amines) is 2. The Kier molecular flexibility index (Phi) is 7.12. The van der Waals surface area contributed by atoms with E-state index in [0.29, 0.717) is 31.9 Å². The molecule has 6 nitrogen and oxygen atoms in total. The van der Waals surface area contributed by atoms with E-state index < -0.39 is 0 Å². The fourth-order valence-corrected chi connectivity index (χ4v) is 4.03. The smallest absolute Gasteiger partial charge is 0.317 e. The third-order valence-electron chi connectivity index (χ3n) is 5.76. The van der Waals surface area contributed by atoms with E-state index in [1.165, 1.54) is 6.07 Å². The van der Waals surface area contributed by atoms with E-state index in [2.05, 4.69) is 5.32 Å². The molecule has 7 heteroatoms. The largest absolute Gasteiger partial charge is 0.372 e. The number of carbonyl (C=O) groups is 2. The zero-order valence-corrected chi connectivity index (χ0v) is 16.7. The molecule has 1 aromatic rings. The van der Waals surface area contributed by atoms with Crippen molar-refractivity contribution in [2.24, 2.45) is 5.92 Å². The molecule has 154 valence electrons. The van der Waals surface area contributed by atoms with Gasteiger partial charge in [0.05, 0.1) is 5.69 Å². The molecule has 2 aliphatic rings. The van der Waals surface area contributed by atoms with Crippen LogP contribution >= 0.6 is 0 Å². The maximum Gasteiger partial charge on any atom is 0.317 e. The minimum Gasteiger partial charge on any atom is -0.372 e. The zero-order valence-electron chi connectivity index (χ0n) is 16.7. The van der Waals surface area contributed by atoms with Crippen LogP contribution < -0.4 is 10.2 Å². The second kappa shape index (κ2) is 9.75.